The topological polar surface area (TPSA) is 70.6 Å². The lowest BCUT2D eigenvalue weighted by molar-refractivity contribution is 0.317. The van der Waals surface area contributed by atoms with Crippen molar-refractivity contribution in [2.24, 2.45) is 10.9 Å². The third kappa shape index (κ3) is 7.68. The molecule has 0 radical (unpaired) electrons. The zero-order chi connectivity index (χ0) is 9.23. The van der Waals surface area contributed by atoms with E-state index in [4.69, 9.17) is 10.9 Å². The number of nitrogens with zero attached hydrogens (tertiary/aromatic N) is 1. The Balaban J connectivity index is 3.00. The van der Waals surface area contributed by atoms with E-state index in [0.717, 1.165) is 13.0 Å². The summed E-state index contributed by atoms with van der Waals surface area (Å²) in [4.78, 5) is 0. The molecule has 0 unspecified atom stereocenters. The number of unbranched alkanes of at least 4 members (excludes halogenated alkanes) is 1. The molecule has 0 saturated carbocycles. The quantitative estimate of drug-likeness (QED) is 0.180. The highest BCUT2D eigenvalue weighted by atomic mass is 32.2. The van der Waals surface area contributed by atoms with Gasteiger partial charge in [0.1, 0.15) is 0 Å². The molecule has 5 heteroatoms. The van der Waals surface area contributed by atoms with Gasteiger partial charge in [0.15, 0.2) is 5.84 Å². The number of hydrogen-bond acceptors (Lipinski definition) is 4. The molecule has 0 fully saturated rings. The molecule has 0 amide bonds. The lowest BCUT2D eigenvalue weighted by Crippen LogP contribution is -2.29. The summed E-state index contributed by atoms with van der Waals surface area (Å²) in [5.41, 5.74) is 5.25. The maximum atomic E-state index is 8.20. The zero-order valence-corrected chi connectivity index (χ0v) is 8.23. The highest BCUT2D eigenvalue weighted by Crippen LogP contribution is 1.97. The van der Waals surface area contributed by atoms with Crippen LogP contribution in [0.4, 0.5) is 0 Å². The molecule has 72 valence electrons. The summed E-state index contributed by atoms with van der Waals surface area (Å²) in [7, 11) is 0. The maximum absolute atomic E-state index is 8.20. The molecule has 0 saturated heterocycles. The van der Waals surface area contributed by atoms with Crippen LogP contribution in [0.1, 0.15) is 12.8 Å². The van der Waals surface area contributed by atoms with Crippen LogP contribution >= 0.6 is 11.8 Å². The Morgan fingerprint density at radius 2 is 2.33 bits per heavy atom. The van der Waals surface area contributed by atoms with E-state index in [-0.39, 0.29) is 5.84 Å². The normalized spacial score (nSPS) is 11.9. The molecule has 0 spiro atoms. The second-order valence-corrected chi connectivity index (χ2v) is 3.45. The first kappa shape index (κ1) is 11.6. The fourth-order valence-electron chi connectivity index (χ4n) is 0.748. The van der Waals surface area contributed by atoms with Gasteiger partial charge in [0.05, 0.1) is 6.54 Å². The van der Waals surface area contributed by atoms with Gasteiger partial charge in [0.25, 0.3) is 0 Å². The molecule has 0 atom stereocenters. The van der Waals surface area contributed by atoms with Gasteiger partial charge in [-0.05, 0) is 31.4 Å². The van der Waals surface area contributed by atoms with Crippen molar-refractivity contribution >= 4 is 17.6 Å². The monoisotopic (exact) mass is 191 g/mol. The second-order valence-electron chi connectivity index (χ2n) is 2.47. The van der Waals surface area contributed by atoms with E-state index in [2.05, 4.69) is 16.7 Å². The molecule has 0 aromatic carbocycles. The molecule has 0 aliphatic carbocycles. The fourth-order valence-corrected chi connectivity index (χ4v) is 1.24. The molecular weight excluding hydrogens is 174 g/mol. The molecule has 0 aliphatic heterocycles. The van der Waals surface area contributed by atoms with Gasteiger partial charge in [-0.25, -0.2) is 0 Å². The van der Waals surface area contributed by atoms with E-state index in [1.54, 1.807) is 0 Å². The summed E-state index contributed by atoms with van der Waals surface area (Å²) in [6, 6.07) is 0. The number of amidine groups is 1. The first-order valence-electron chi connectivity index (χ1n) is 3.97. The lowest BCUT2D eigenvalue weighted by atomic mass is 10.3. The van der Waals surface area contributed by atoms with E-state index < -0.39 is 0 Å². The SMILES string of the molecule is CSCCCCNCC(N)=NO. The van der Waals surface area contributed by atoms with Crippen LogP contribution in [0.5, 0.6) is 0 Å². The van der Waals surface area contributed by atoms with E-state index in [1.165, 1.54) is 12.2 Å². The van der Waals surface area contributed by atoms with Gasteiger partial charge in [-0.3, -0.25) is 0 Å². The lowest BCUT2D eigenvalue weighted by Gasteiger charge is -2.01. The van der Waals surface area contributed by atoms with Gasteiger partial charge < -0.3 is 16.3 Å². The summed E-state index contributed by atoms with van der Waals surface area (Å²) in [6.45, 7) is 1.40. The fraction of sp³-hybridized carbons (Fsp3) is 0.857. The Hall–Kier alpha value is -0.420. The van der Waals surface area contributed by atoms with Gasteiger partial charge >= 0.3 is 0 Å². The number of nitrogens with two attached hydrogens (primary N) is 1. The van der Waals surface area contributed by atoms with Crippen molar-refractivity contribution in [1.29, 1.82) is 0 Å². The molecule has 4 nitrogen and oxygen atoms in total. The number of oxime groups is 1. The van der Waals surface area contributed by atoms with Crippen LogP contribution in [-0.2, 0) is 0 Å². The molecule has 0 aromatic heterocycles. The summed E-state index contributed by atoms with van der Waals surface area (Å²) < 4.78 is 0. The summed E-state index contributed by atoms with van der Waals surface area (Å²) >= 11 is 1.85. The Morgan fingerprint density at radius 1 is 1.58 bits per heavy atom. The molecule has 0 heterocycles. The van der Waals surface area contributed by atoms with E-state index in [0.29, 0.717) is 6.54 Å². The zero-order valence-electron chi connectivity index (χ0n) is 7.42. The van der Waals surface area contributed by atoms with Gasteiger partial charge in [0, 0.05) is 0 Å². The van der Waals surface area contributed by atoms with Crippen molar-refractivity contribution < 1.29 is 5.21 Å². The Labute approximate surface area is 77.6 Å². The minimum absolute atomic E-state index is 0.236. The summed E-state index contributed by atoms with van der Waals surface area (Å²) in [5.74, 6) is 1.44. The third-order valence-electron chi connectivity index (χ3n) is 1.39. The Kier molecular flexibility index (Phi) is 8.37. The van der Waals surface area contributed by atoms with Crippen molar-refractivity contribution in [2.75, 3.05) is 25.1 Å². The van der Waals surface area contributed by atoms with Gasteiger partial charge in [0.2, 0.25) is 0 Å². The summed E-state index contributed by atoms with van der Waals surface area (Å²) in [5, 5.41) is 14.1. The minimum atomic E-state index is 0.236. The van der Waals surface area contributed by atoms with E-state index in [9.17, 15) is 0 Å². The number of thioether (sulfide) groups is 1. The van der Waals surface area contributed by atoms with Gasteiger partial charge in [-0.2, -0.15) is 11.8 Å². The minimum Gasteiger partial charge on any atom is -0.409 e. The van der Waals surface area contributed by atoms with E-state index in [1.807, 2.05) is 11.8 Å². The van der Waals surface area contributed by atoms with Crippen LogP contribution in [-0.4, -0.2) is 36.1 Å². The van der Waals surface area contributed by atoms with Crippen LogP contribution in [0, 0.1) is 0 Å². The summed E-state index contributed by atoms with van der Waals surface area (Å²) in [6.07, 6.45) is 4.45. The van der Waals surface area contributed by atoms with Crippen LogP contribution < -0.4 is 11.1 Å². The predicted octanol–water partition coefficient (Wildman–Crippen LogP) is 0.466. The number of rotatable bonds is 7. The van der Waals surface area contributed by atoms with Gasteiger partial charge in [-0.1, -0.05) is 5.16 Å². The van der Waals surface area contributed by atoms with Crippen LogP contribution in [0.2, 0.25) is 0 Å². The average molecular weight is 191 g/mol. The third-order valence-corrected chi connectivity index (χ3v) is 2.08. The van der Waals surface area contributed by atoms with Crippen LogP contribution in [0.3, 0.4) is 0 Å². The molecule has 0 bridgehead atoms. The maximum Gasteiger partial charge on any atom is 0.153 e. The molecule has 4 N–H and O–H groups in total. The molecule has 0 aromatic rings. The van der Waals surface area contributed by atoms with Crippen LogP contribution in [0.25, 0.3) is 0 Å². The first-order chi connectivity index (χ1) is 5.81. The van der Waals surface area contributed by atoms with Crippen molar-refractivity contribution in [3.05, 3.63) is 0 Å². The molecule has 12 heavy (non-hydrogen) atoms. The predicted molar refractivity (Wildman–Crippen MR) is 53.9 cm³/mol. The Morgan fingerprint density at radius 3 is 2.92 bits per heavy atom. The average Bonchev–Trinajstić information content (AvgIpc) is 2.10. The van der Waals surface area contributed by atoms with Crippen molar-refractivity contribution in [1.82, 2.24) is 5.32 Å². The largest absolute Gasteiger partial charge is 0.409 e. The number of nitrogens with one attached hydrogen (secondary N) is 1. The standard InChI is InChI=1S/C7H17N3OS/c1-12-5-3-2-4-9-6-7(8)10-11/h9,11H,2-6H2,1H3,(H2,8,10). The second kappa shape index (κ2) is 8.67. The first-order valence-corrected chi connectivity index (χ1v) is 5.36. The smallest absolute Gasteiger partial charge is 0.153 e. The van der Waals surface area contributed by atoms with Crippen molar-refractivity contribution in [2.45, 2.75) is 12.8 Å². The Bertz CT molecular complexity index is 130. The van der Waals surface area contributed by atoms with E-state index >= 15 is 0 Å². The highest BCUT2D eigenvalue weighted by Gasteiger charge is 1.91. The van der Waals surface area contributed by atoms with Crippen molar-refractivity contribution in [3.63, 3.8) is 0 Å². The highest BCUT2D eigenvalue weighted by molar-refractivity contribution is 7.98. The molecular formula is C7H17N3OS. The van der Waals surface area contributed by atoms with Crippen LogP contribution in [0.15, 0.2) is 5.16 Å². The molecule has 0 aliphatic rings. The van der Waals surface area contributed by atoms with Gasteiger partial charge in [-0.15, -0.1) is 0 Å². The number of hydrogen-bond donors (Lipinski definition) is 3. The van der Waals surface area contributed by atoms with Crippen molar-refractivity contribution in [3.8, 4) is 0 Å². The molecule has 0 rings (SSSR count).